The van der Waals surface area contributed by atoms with Crippen molar-refractivity contribution in [3.05, 3.63) is 82.2 Å². The van der Waals surface area contributed by atoms with Crippen LogP contribution in [0.4, 0.5) is 5.69 Å². The van der Waals surface area contributed by atoms with Crippen LogP contribution in [0.3, 0.4) is 0 Å². The Kier molecular flexibility index (Phi) is 5.53. The molecule has 2 aromatic carbocycles. The standard InChI is InChI=1S/C23H23N5O3/c1-15-4-7-18(14-16(15)2)27-12-13-28-20(25-26-22(28)23(27)30)10-11-21(29)24-17-5-8-19(31-3)9-6-17/h4-9,12-14H,10-11H2,1-3H3,(H,24,29). The lowest BCUT2D eigenvalue weighted by Gasteiger charge is -2.09. The molecule has 0 bridgehead atoms. The largest absolute Gasteiger partial charge is 0.497 e. The highest BCUT2D eigenvalue weighted by Crippen LogP contribution is 2.16. The van der Waals surface area contributed by atoms with Crippen molar-refractivity contribution in [2.45, 2.75) is 26.7 Å². The number of rotatable bonds is 6. The molecule has 31 heavy (non-hydrogen) atoms. The maximum atomic E-state index is 12.9. The van der Waals surface area contributed by atoms with Gasteiger partial charge in [0.1, 0.15) is 11.6 Å². The minimum Gasteiger partial charge on any atom is -0.497 e. The van der Waals surface area contributed by atoms with Crippen LogP contribution in [0.15, 0.2) is 59.7 Å². The third kappa shape index (κ3) is 4.18. The summed E-state index contributed by atoms with van der Waals surface area (Å²) in [6.45, 7) is 4.04. The van der Waals surface area contributed by atoms with Gasteiger partial charge in [-0.1, -0.05) is 6.07 Å². The van der Waals surface area contributed by atoms with Crippen molar-refractivity contribution in [2.75, 3.05) is 12.4 Å². The molecule has 1 N–H and O–H groups in total. The number of fused-ring (bicyclic) bond motifs is 1. The molecule has 8 heteroatoms. The summed E-state index contributed by atoms with van der Waals surface area (Å²) in [7, 11) is 1.59. The molecular weight excluding hydrogens is 394 g/mol. The SMILES string of the molecule is COc1ccc(NC(=O)CCc2nnc3c(=O)n(-c4ccc(C)c(C)c4)ccn23)cc1. The van der Waals surface area contributed by atoms with Gasteiger partial charge in [0.05, 0.1) is 7.11 Å². The molecule has 0 atom stereocenters. The Morgan fingerprint density at radius 2 is 1.81 bits per heavy atom. The van der Waals surface area contributed by atoms with Crippen molar-refractivity contribution in [1.82, 2.24) is 19.2 Å². The molecule has 4 rings (SSSR count). The van der Waals surface area contributed by atoms with E-state index in [1.807, 2.05) is 32.0 Å². The molecule has 0 unspecified atom stereocenters. The molecule has 0 radical (unpaired) electrons. The van der Waals surface area contributed by atoms with Gasteiger partial charge in [0.25, 0.3) is 0 Å². The number of hydrogen-bond acceptors (Lipinski definition) is 5. The lowest BCUT2D eigenvalue weighted by molar-refractivity contribution is -0.116. The summed E-state index contributed by atoms with van der Waals surface area (Å²) in [5.74, 6) is 1.13. The zero-order valence-electron chi connectivity index (χ0n) is 17.6. The van der Waals surface area contributed by atoms with Gasteiger partial charge < -0.3 is 10.1 Å². The number of methoxy groups -OCH3 is 1. The molecule has 8 nitrogen and oxygen atoms in total. The van der Waals surface area contributed by atoms with Crippen LogP contribution < -0.4 is 15.6 Å². The van der Waals surface area contributed by atoms with Crippen molar-refractivity contribution in [3.8, 4) is 11.4 Å². The van der Waals surface area contributed by atoms with Gasteiger partial charge in [-0.15, -0.1) is 10.2 Å². The second-order valence-electron chi connectivity index (χ2n) is 7.33. The summed E-state index contributed by atoms with van der Waals surface area (Å²) in [4.78, 5) is 25.2. The van der Waals surface area contributed by atoms with Crippen molar-refractivity contribution in [2.24, 2.45) is 0 Å². The van der Waals surface area contributed by atoms with E-state index in [9.17, 15) is 9.59 Å². The van der Waals surface area contributed by atoms with E-state index in [1.165, 1.54) is 0 Å². The molecule has 158 valence electrons. The minimum absolute atomic E-state index is 0.148. The fraction of sp³-hybridized carbons (Fsp3) is 0.217. The lowest BCUT2D eigenvalue weighted by Crippen LogP contribution is -2.20. The van der Waals surface area contributed by atoms with Crippen molar-refractivity contribution < 1.29 is 9.53 Å². The first-order valence-electron chi connectivity index (χ1n) is 9.93. The number of amides is 1. The zero-order valence-corrected chi connectivity index (χ0v) is 17.6. The summed E-state index contributed by atoms with van der Waals surface area (Å²) in [5.41, 5.74) is 3.70. The Labute approximate surface area is 179 Å². The van der Waals surface area contributed by atoms with Crippen LogP contribution in [0.5, 0.6) is 5.75 Å². The van der Waals surface area contributed by atoms with E-state index >= 15 is 0 Å². The predicted molar refractivity (Wildman–Crippen MR) is 118 cm³/mol. The number of ether oxygens (including phenoxy) is 1. The molecule has 0 aliphatic rings. The zero-order chi connectivity index (χ0) is 22.0. The highest BCUT2D eigenvalue weighted by molar-refractivity contribution is 5.90. The minimum atomic E-state index is -0.257. The van der Waals surface area contributed by atoms with Gasteiger partial charge in [-0.05, 0) is 61.4 Å². The van der Waals surface area contributed by atoms with Gasteiger partial charge in [-0.2, -0.15) is 0 Å². The van der Waals surface area contributed by atoms with E-state index in [0.29, 0.717) is 17.9 Å². The van der Waals surface area contributed by atoms with E-state index in [-0.39, 0.29) is 23.5 Å². The molecule has 2 aromatic heterocycles. The number of carbonyl (C=O) groups excluding carboxylic acids is 1. The second kappa shape index (κ2) is 8.43. The van der Waals surface area contributed by atoms with E-state index in [0.717, 1.165) is 22.6 Å². The maximum absolute atomic E-state index is 12.9. The molecule has 2 heterocycles. The number of nitrogens with one attached hydrogen (secondary N) is 1. The number of benzene rings is 2. The van der Waals surface area contributed by atoms with Crippen molar-refractivity contribution in [1.29, 1.82) is 0 Å². The predicted octanol–water partition coefficient (Wildman–Crippen LogP) is 3.08. The molecule has 4 aromatic rings. The fourth-order valence-corrected chi connectivity index (χ4v) is 3.31. The Hall–Kier alpha value is -3.94. The molecule has 0 aliphatic carbocycles. The average Bonchev–Trinajstić information content (AvgIpc) is 3.19. The van der Waals surface area contributed by atoms with Crippen LogP contribution >= 0.6 is 0 Å². The Balaban J connectivity index is 1.50. The third-order valence-corrected chi connectivity index (χ3v) is 5.26. The Bertz CT molecular complexity index is 1310. The Morgan fingerprint density at radius 1 is 1.03 bits per heavy atom. The first-order valence-corrected chi connectivity index (χ1v) is 9.93. The number of hydrogen-bond donors (Lipinski definition) is 1. The topological polar surface area (TPSA) is 90.5 Å². The van der Waals surface area contributed by atoms with Crippen LogP contribution in [-0.2, 0) is 11.2 Å². The highest BCUT2D eigenvalue weighted by atomic mass is 16.5. The fourth-order valence-electron chi connectivity index (χ4n) is 3.31. The molecule has 0 spiro atoms. The monoisotopic (exact) mass is 417 g/mol. The molecule has 0 aliphatic heterocycles. The summed E-state index contributed by atoms with van der Waals surface area (Å²) in [6, 6.07) is 13.0. The number of aromatic nitrogens is 4. The van der Waals surface area contributed by atoms with Crippen LogP contribution in [0.25, 0.3) is 11.3 Å². The normalized spacial score (nSPS) is 10.9. The van der Waals surface area contributed by atoms with Gasteiger partial charge in [-0.3, -0.25) is 18.6 Å². The first-order chi connectivity index (χ1) is 15.0. The summed E-state index contributed by atoms with van der Waals surface area (Å²) < 4.78 is 8.30. The average molecular weight is 417 g/mol. The van der Waals surface area contributed by atoms with Crippen LogP contribution in [-0.4, -0.2) is 32.2 Å². The number of anilines is 1. The van der Waals surface area contributed by atoms with Crippen molar-refractivity contribution >= 4 is 17.2 Å². The molecule has 0 saturated heterocycles. The summed E-state index contributed by atoms with van der Waals surface area (Å²) >= 11 is 0. The van der Waals surface area contributed by atoms with Crippen LogP contribution in [0, 0.1) is 13.8 Å². The third-order valence-electron chi connectivity index (χ3n) is 5.26. The van der Waals surface area contributed by atoms with Crippen LogP contribution in [0.2, 0.25) is 0 Å². The first kappa shape index (κ1) is 20.3. The Morgan fingerprint density at radius 3 is 2.52 bits per heavy atom. The molecule has 1 amide bonds. The van der Waals surface area contributed by atoms with E-state index < -0.39 is 0 Å². The number of nitrogens with zero attached hydrogens (tertiary/aromatic N) is 4. The summed E-state index contributed by atoms with van der Waals surface area (Å²) in [5, 5.41) is 11.0. The molecule has 0 saturated carbocycles. The lowest BCUT2D eigenvalue weighted by atomic mass is 10.1. The van der Waals surface area contributed by atoms with Gasteiger partial charge in [0, 0.05) is 36.6 Å². The number of carbonyl (C=O) groups is 1. The van der Waals surface area contributed by atoms with Gasteiger partial charge in [0.15, 0.2) is 0 Å². The summed E-state index contributed by atoms with van der Waals surface area (Å²) in [6.07, 6.45) is 4.02. The number of aryl methyl sites for hydroxylation is 3. The smallest absolute Gasteiger partial charge is 0.300 e. The van der Waals surface area contributed by atoms with E-state index in [4.69, 9.17) is 4.74 Å². The molecule has 0 fully saturated rings. The quantitative estimate of drug-likeness (QED) is 0.521. The van der Waals surface area contributed by atoms with Gasteiger partial charge in [-0.25, -0.2) is 0 Å². The van der Waals surface area contributed by atoms with E-state index in [1.54, 1.807) is 52.7 Å². The van der Waals surface area contributed by atoms with Crippen LogP contribution in [0.1, 0.15) is 23.4 Å². The highest BCUT2D eigenvalue weighted by Gasteiger charge is 2.13. The second-order valence-corrected chi connectivity index (χ2v) is 7.33. The van der Waals surface area contributed by atoms with Gasteiger partial charge in [0.2, 0.25) is 11.6 Å². The molecular formula is C23H23N5O3. The van der Waals surface area contributed by atoms with Crippen molar-refractivity contribution in [3.63, 3.8) is 0 Å². The van der Waals surface area contributed by atoms with E-state index in [2.05, 4.69) is 15.5 Å². The van der Waals surface area contributed by atoms with Gasteiger partial charge >= 0.3 is 5.56 Å². The maximum Gasteiger partial charge on any atom is 0.300 e.